The summed E-state index contributed by atoms with van der Waals surface area (Å²) in [6.45, 7) is 2.24. The van der Waals surface area contributed by atoms with Crippen LogP contribution in [-0.2, 0) is 14.8 Å². The molecule has 0 radical (unpaired) electrons. The van der Waals surface area contributed by atoms with Gasteiger partial charge in [0.05, 0.1) is 10.6 Å². The lowest BCUT2D eigenvalue weighted by Crippen LogP contribution is -2.40. The summed E-state index contributed by atoms with van der Waals surface area (Å²) in [6, 6.07) is 13.5. The third-order valence-electron chi connectivity index (χ3n) is 5.11. The molecule has 0 saturated carbocycles. The van der Waals surface area contributed by atoms with Gasteiger partial charge in [-0.25, -0.2) is 8.42 Å². The quantitative estimate of drug-likeness (QED) is 0.558. The molecule has 1 heterocycles. The molecule has 1 aliphatic rings. The smallest absolute Gasteiger partial charge is 0.271 e. The largest absolute Gasteiger partial charge is 0.325 e. The molecule has 30 heavy (non-hydrogen) atoms. The number of sulfonamides is 1. The minimum absolute atomic E-state index is 0.0954. The number of piperidine rings is 1. The number of amides is 1. The number of benzene rings is 2. The molecule has 0 aliphatic carbocycles. The van der Waals surface area contributed by atoms with Crippen molar-refractivity contribution in [2.45, 2.75) is 19.8 Å². The molecule has 8 nitrogen and oxygen atoms in total. The SMILES string of the molecule is Cc1ccc([N+](=O)[O-])cc1NC(=O)C1CCN(S(=O)(=O)/C=C/c2ccccc2)CC1. The van der Waals surface area contributed by atoms with Crippen molar-refractivity contribution in [1.29, 1.82) is 0 Å². The van der Waals surface area contributed by atoms with Gasteiger partial charge in [-0.1, -0.05) is 36.4 Å². The van der Waals surface area contributed by atoms with Crippen LogP contribution in [0.2, 0.25) is 0 Å². The normalized spacial score (nSPS) is 15.9. The molecule has 1 fully saturated rings. The number of nitro benzene ring substituents is 1. The number of anilines is 1. The number of hydrogen-bond donors (Lipinski definition) is 1. The zero-order valence-electron chi connectivity index (χ0n) is 16.5. The van der Waals surface area contributed by atoms with Crippen LogP contribution in [0.1, 0.15) is 24.0 Å². The molecule has 3 rings (SSSR count). The highest BCUT2D eigenvalue weighted by Crippen LogP contribution is 2.25. The van der Waals surface area contributed by atoms with Crippen LogP contribution < -0.4 is 5.32 Å². The van der Waals surface area contributed by atoms with Crippen LogP contribution in [0, 0.1) is 23.0 Å². The molecule has 1 N–H and O–H groups in total. The van der Waals surface area contributed by atoms with Crippen LogP contribution in [0.3, 0.4) is 0 Å². The number of nitrogens with one attached hydrogen (secondary N) is 1. The average Bonchev–Trinajstić information content (AvgIpc) is 2.74. The number of nitro groups is 1. The summed E-state index contributed by atoms with van der Waals surface area (Å²) < 4.78 is 26.5. The van der Waals surface area contributed by atoms with E-state index in [9.17, 15) is 23.3 Å². The molecule has 0 aromatic heterocycles. The van der Waals surface area contributed by atoms with E-state index in [1.165, 1.54) is 21.8 Å². The van der Waals surface area contributed by atoms with Gasteiger partial charge >= 0.3 is 0 Å². The van der Waals surface area contributed by atoms with Gasteiger partial charge in [0, 0.05) is 36.5 Å². The first-order valence-electron chi connectivity index (χ1n) is 9.55. The Balaban J connectivity index is 1.60. The molecule has 158 valence electrons. The van der Waals surface area contributed by atoms with Crippen molar-refractivity contribution in [3.8, 4) is 0 Å². The first-order chi connectivity index (χ1) is 14.3. The highest BCUT2D eigenvalue weighted by molar-refractivity contribution is 7.92. The van der Waals surface area contributed by atoms with E-state index < -0.39 is 14.9 Å². The second kappa shape index (κ2) is 9.19. The van der Waals surface area contributed by atoms with Gasteiger partial charge in [-0.2, -0.15) is 4.31 Å². The van der Waals surface area contributed by atoms with E-state index >= 15 is 0 Å². The van der Waals surface area contributed by atoms with Crippen molar-refractivity contribution in [2.75, 3.05) is 18.4 Å². The number of carbonyl (C=O) groups excluding carboxylic acids is 1. The fourth-order valence-corrected chi connectivity index (χ4v) is 4.50. The Kier molecular flexibility index (Phi) is 6.63. The summed E-state index contributed by atoms with van der Waals surface area (Å²) >= 11 is 0. The number of rotatable bonds is 6. The van der Waals surface area contributed by atoms with E-state index in [1.54, 1.807) is 19.1 Å². The second-order valence-corrected chi connectivity index (χ2v) is 9.00. The summed E-state index contributed by atoms with van der Waals surface area (Å²) in [7, 11) is -3.57. The zero-order chi connectivity index (χ0) is 21.7. The topological polar surface area (TPSA) is 110 Å². The van der Waals surface area contributed by atoms with Crippen molar-refractivity contribution in [1.82, 2.24) is 4.31 Å². The number of aryl methyl sites for hydroxylation is 1. The second-order valence-electron chi connectivity index (χ2n) is 7.18. The van der Waals surface area contributed by atoms with Crippen LogP contribution in [0.15, 0.2) is 53.9 Å². The number of carbonyl (C=O) groups is 1. The first-order valence-corrected chi connectivity index (χ1v) is 11.1. The highest BCUT2D eigenvalue weighted by atomic mass is 32.2. The zero-order valence-corrected chi connectivity index (χ0v) is 17.3. The Bertz CT molecular complexity index is 1060. The summed E-state index contributed by atoms with van der Waals surface area (Å²) in [5, 5.41) is 14.9. The lowest BCUT2D eigenvalue weighted by atomic mass is 9.97. The summed E-state index contributed by atoms with van der Waals surface area (Å²) in [6.07, 6.45) is 2.33. The third-order valence-corrected chi connectivity index (χ3v) is 6.67. The number of hydrogen-bond acceptors (Lipinski definition) is 5. The van der Waals surface area contributed by atoms with E-state index in [4.69, 9.17) is 0 Å². The molecule has 1 aliphatic heterocycles. The van der Waals surface area contributed by atoms with Crippen molar-refractivity contribution >= 4 is 33.4 Å². The molecule has 2 aromatic carbocycles. The van der Waals surface area contributed by atoms with Crippen molar-refractivity contribution in [3.63, 3.8) is 0 Å². The molecule has 0 spiro atoms. The predicted molar refractivity (Wildman–Crippen MR) is 115 cm³/mol. The van der Waals surface area contributed by atoms with Gasteiger partial charge in [0.15, 0.2) is 0 Å². The lowest BCUT2D eigenvalue weighted by Gasteiger charge is -2.29. The average molecular weight is 429 g/mol. The fraction of sp³-hybridized carbons (Fsp3) is 0.286. The van der Waals surface area contributed by atoms with Gasteiger partial charge in [0.2, 0.25) is 15.9 Å². The standard InChI is InChI=1S/C21H23N3O5S/c1-16-7-8-19(24(26)27)15-20(16)22-21(25)18-9-12-23(13-10-18)30(28,29)14-11-17-5-3-2-4-6-17/h2-8,11,14-15,18H,9-10,12-13H2,1H3,(H,22,25)/b14-11+. The van der Waals surface area contributed by atoms with Gasteiger partial charge in [-0.15, -0.1) is 0 Å². The third kappa shape index (κ3) is 5.31. The Labute approximate surface area is 175 Å². The van der Waals surface area contributed by atoms with E-state index in [0.717, 1.165) is 11.1 Å². The van der Waals surface area contributed by atoms with E-state index in [2.05, 4.69) is 5.32 Å². The molecule has 9 heteroatoms. The maximum Gasteiger partial charge on any atom is 0.271 e. The molecular weight excluding hydrogens is 406 g/mol. The Hall–Kier alpha value is -3.04. The Morgan fingerprint density at radius 2 is 1.83 bits per heavy atom. The molecule has 0 atom stereocenters. The van der Waals surface area contributed by atoms with Crippen LogP contribution in [-0.4, -0.2) is 36.6 Å². The molecular formula is C21H23N3O5S. The number of non-ortho nitro benzene ring substituents is 1. The van der Waals surface area contributed by atoms with Gasteiger partial charge < -0.3 is 5.32 Å². The van der Waals surface area contributed by atoms with Crippen LogP contribution in [0.5, 0.6) is 0 Å². The van der Waals surface area contributed by atoms with Gasteiger partial charge in [0.1, 0.15) is 0 Å². The molecule has 0 bridgehead atoms. The van der Waals surface area contributed by atoms with Gasteiger partial charge in [-0.05, 0) is 37.0 Å². The molecule has 1 saturated heterocycles. The van der Waals surface area contributed by atoms with Crippen LogP contribution in [0.4, 0.5) is 11.4 Å². The van der Waals surface area contributed by atoms with E-state index in [0.29, 0.717) is 18.5 Å². The fourth-order valence-electron chi connectivity index (χ4n) is 3.28. The van der Waals surface area contributed by atoms with Crippen molar-refractivity contribution in [2.24, 2.45) is 5.92 Å². The number of nitrogens with zero attached hydrogens (tertiary/aromatic N) is 2. The van der Waals surface area contributed by atoms with Crippen LogP contribution >= 0.6 is 0 Å². The highest BCUT2D eigenvalue weighted by Gasteiger charge is 2.30. The van der Waals surface area contributed by atoms with E-state index in [1.807, 2.05) is 30.3 Å². The summed E-state index contributed by atoms with van der Waals surface area (Å²) in [5.74, 6) is -0.608. The summed E-state index contributed by atoms with van der Waals surface area (Å²) in [5.41, 5.74) is 1.82. The first kappa shape index (κ1) is 21.7. The van der Waals surface area contributed by atoms with E-state index in [-0.39, 0.29) is 30.6 Å². The Morgan fingerprint density at radius 3 is 2.47 bits per heavy atom. The molecule has 2 aromatic rings. The summed E-state index contributed by atoms with van der Waals surface area (Å²) in [4.78, 5) is 23.0. The molecule has 1 amide bonds. The molecule has 0 unspecified atom stereocenters. The van der Waals surface area contributed by atoms with Crippen molar-refractivity contribution in [3.05, 3.63) is 75.2 Å². The maximum absolute atomic E-state index is 12.6. The minimum Gasteiger partial charge on any atom is -0.325 e. The van der Waals surface area contributed by atoms with Gasteiger partial charge in [0.25, 0.3) is 5.69 Å². The monoisotopic (exact) mass is 429 g/mol. The predicted octanol–water partition coefficient (Wildman–Crippen LogP) is 3.55. The van der Waals surface area contributed by atoms with Gasteiger partial charge in [-0.3, -0.25) is 14.9 Å². The van der Waals surface area contributed by atoms with Crippen molar-refractivity contribution < 1.29 is 18.1 Å². The Morgan fingerprint density at radius 1 is 1.17 bits per heavy atom. The van der Waals surface area contributed by atoms with Crippen LogP contribution in [0.25, 0.3) is 6.08 Å². The maximum atomic E-state index is 12.6. The minimum atomic E-state index is -3.57. The lowest BCUT2D eigenvalue weighted by molar-refractivity contribution is -0.384.